The Balaban J connectivity index is 1.52. The number of hydrogen-bond donors (Lipinski definition) is 0. The smallest absolute Gasteiger partial charge is 0.233 e. The Labute approximate surface area is 219 Å². The molecule has 1 aliphatic rings. The van der Waals surface area contributed by atoms with Gasteiger partial charge >= 0.3 is 0 Å². The van der Waals surface area contributed by atoms with Gasteiger partial charge in [-0.2, -0.15) is 0 Å². The summed E-state index contributed by atoms with van der Waals surface area (Å²) in [5, 5.41) is 9.47. The van der Waals surface area contributed by atoms with Gasteiger partial charge in [0.25, 0.3) is 0 Å². The molecule has 4 rings (SSSR count). The van der Waals surface area contributed by atoms with Gasteiger partial charge < -0.3 is 14.4 Å². The number of aromatic nitrogens is 3. The Kier molecular flexibility index (Phi) is 8.73. The highest BCUT2D eigenvalue weighted by atomic mass is 79.9. The number of amides is 1. The average molecular weight is 560 g/mol. The molecular formula is C26H31BrN4O3S. The minimum absolute atomic E-state index is 0.141. The van der Waals surface area contributed by atoms with Crippen molar-refractivity contribution in [2.45, 2.75) is 39.0 Å². The summed E-state index contributed by atoms with van der Waals surface area (Å²) in [5.74, 6) is 3.73. The molecule has 9 heteroatoms. The number of ether oxygens (including phenoxy) is 2. The second kappa shape index (κ2) is 11.9. The van der Waals surface area contributed by atoms with Crippen molar-refractivity contribution in [2.24, 2.45) is 11.8 Å². The lowest BCUT2D eigenvalue weighted by molar-refractivity contribution is -0.130. The van der Waals surface area contributed by atoms with E-state index in [1.165, 1.54) is 18.2 Å². The zero-order valence-corrected chi connectivity index (χ0v) is 22.7. The van der Waals surface area contributed by atoms with Gasteiger partial charge in [-0.1, -0.05) is 41.5 Å². The number of hydrogen-bond acceptors (Lipinski definition) is 6. The van der Waals surface area contributed by atoms with E-state index in [4.69, 9.17) is 9.47 Å². The predicted octanol–water partition coefficient (Wildman–Crippen LogP) is 5.60. The standard InChI is InChI=1S/C26H31BrN4O3S/c1-4-33-22-11-7-21(8-12-22)31-24(16-34-23-9-5-20(27)6-10-23)28-29-26(31)35-17-25(32)30-14-18(2)13-19(3)15-30/h5-12,18-19H,4,13-17H2,1-3H3/t18-,19+. The SMILES string of the molecule is CCOc1ccc(-n2c(COc3ccc(Br)cc3)nnc2SCC(=O)N2C[C@H](C)C[C@H](C)C2)cc1. The molecule has 2 atom stereocenters. The van der Waals surface area contributed by atoms with E-state index in [-0.39, 0.29) is 12.5 Å². The lowest BCUT2D eigenvalue weighted by Crippen LogP contribution is -2.43. The average Bonchev–Trinajstić information content (AvgIpc) is 3.25. The number of halogens is 1. The van der Waals surface area contributed by atoms with Gasteiger partial charge in [-0.3, -0.25) is 9.36 Å². The third-order valence-corrected chi connectivity index (χ3v) is 7.28. The first-order valence-corrected chi connectivity index (χ1v) is 13.7. The maximum Gasteiger partial charge on any atom is 0.233 e. The van der Waals surface area contributed by atoms with Crippen LogP contribution in [0.1, 0.15) is 33.0 Å². The van der Waals surface area contributed by atoms with Gasteiger partial charge in [0.2, 0.25) is 5.91 Å². The number of benzene rings is 2. The van der Waals surface area contributed by atoms with Crippen LogP contribution in [0.25, 0.3) is 5.69 Å². The molecule has 2 aromatic carbocycles. The van der Waals surface area contributed by atoms with Crippen LogP contribution in [0.4, 0.5) is 0 Å². The topological polar surface area (TPSA) is 69.5 Å². The summed E-state index contributed by atoms with van der Waals surface area (Å²) in [6.45, 7) is 8.88. The van der Waals surface area contributed by atoms with Crippen molar-refractivity contribution in [3.63, 3.8) is 0 Å². The normalized spacial score (nSPS) is 17.9. The number of piperidine rings is 1. The molecular weight excluding hydrogens is 528 g/mol. The number of thioether (sulfide) groups is 1. The monoisotopic (exact) mass is 558 g/mol. The van der Waals surface area contributed by atoms with Crippen LogP contribution in [0, 0.1) is 11.8 Å². The maximum atomic E-state index is 13.0. The van der Waals surface area contributed by atoms with E-state index in [0.717, 1.165) is 34.7 Å². The van der Waals surface area contributed by atoms with Crippen molar-refractivity contribution in [3.8, 4) is 17.2 Å². The maximum absolute atomic E-state index is 13.0. The van der Waals surface area contributed by atoms with E-state index in [1.54, 1.807) is 0 Å². The molecule has 7 nitrogen and oxygen atoms in total. The summed E-state index contributed by atoms with van der Waals surface area (Å²) in [6, 6.07) is 15.5. The van der Waals surface area contributed by atoms with Crippen LogP contribution < -0.4 is 9.47 Å². The van der Waals surface area contributed by atoms with Crippen molar-refractivity contribution in [2.75, 3.05) is 25.4 Å². The molecule has 1 saturated heterocycles. The molecule has 0 unspecified atom stereocenters. The fourth-order valence-electron chi connectivity index (χ4n) is 4.37. The van der Waals surface area contributed by atoms with Crippen LogP contribution in [-0.4, -0.2) is 51.0 Å². The molecule has 0 bridgehead atoms. The predicted molar refractivity (Wildman–Crippen MR) is 141 cm³/mol. The van der Waals surface area contributed by atoms with E-state index < -0.39 is 0 Å². The molecule has 0 aliphatic carbocycles. The summed E-state index contributed by atoms with van der Waals surface area (Å²) in [5.41, 5.74) is 0.892. The van der Waals surface area contributed by atoms with Gasteiger partial charge in [-0.15, -0.1) is 10.2 Å². The van der Waals surface area contributed by atoms with Crippen molar-refractivity contribution < 1.29 is 14.3 Å². The summed E-state index contributed by atoms with van der Waals surface area (Å²) in [4.78, 5) is 15.0. The zero-order chi connectivity index (χ0) is 24.8. The Morgan fingerprint density at radius 3 is 2.29 bits per heavy atom. The largest absolute Gasteiger partial charge is 0.494 e. The Bertz CT molecular complexity index is 1110. The summed E-state index contributed by atoms with van der Waals surface area (Å²) >= 11 is 4.85. The molecule has 3 aromatic rings. The highest BCUT2D eigenvalue weighted by molar-refractivity contribution is 9.10. The summed E-state index contributed by atoms with van der Waals surface area (Å²) < 4.78 is 14.5. The Hall–Kier alpha value is -2.52. The van der Waals surface area contributed by atoms with Gasteiger partial charge in [0.15, 0.2) is 11.0 Å². The van der Waals surface area contributed by atoms with Crippen LogP contribution in [0.5, 0.6) is 11.5 Å². The lowest BCUT2D eigenvalue weighted by atomic mass is 9.92. The van der Waals surface area contributed by atoms with Gasteiger partial charge in [0.1, 0.15) is 18.1 Å². The highest BCUT2D eigenvalue weighted by Gasteiger charge is 2.26. The Morgan fingerprint density at radius 1 is 1.00 bits per heavy atom. The van der Waals surface area contributed by atoms with Crippen LogP contribution in [0.2, 0.25) is 0 Å². The first-order valence-electron chi connectivity index (χ1n) is 11.9. The fraction of sp³-hybridized carbons (Fsp3) is 0.423. The first kappa shape index (κ1) is 25.6. The van der Waals surface area contributed by atoms with E-state index in [1.807, 2.05) is 64.9 Å². The van der Waals surface area contributed by atoms with Gasteiger partial charge in [-0.05, 0) is 73.7 Å². The van der Waals surface area contributed by atoms with Crippen molar-refractivity contribution in [1.29, 1.82) is 0 Å². The second-order valence-corrected chi connectivity index (χ2v) is 10.8. The van der Waals surface area contributed by atoms with Crippen molar-refractivity contribution in [3.05, 3.63) is 58.8 Å². The van der Waals surface area contributed by atoms with Crippen molar-refractivity contribution in [1.82, 2.24) is 19.7 Å². The fourth-order valence-corrected chi connectivity index (χ4v) is 5.51. The lowest BCUT2D eigenvalue weighted by Gasteiger charge is -2.34. The third-order valence-electron chi connectivity index (χ3n) is 5.83. The molecule has 1 amide bonds. The molecule has 1 aromatic heterocycles. The van der Waals surface area contributed by atoms with Crippen LogP contribution >= 0.6 is 27.7 Å². The minimum atomic E-state index is 0.141. The van der Waals surface area contributed by atoms with Crippen LogP contribution in [0.3, 0.4) is 0 Å². The van der Waals surface area contributed by atoms with Crippen LogP contribution in [-0.2, 0) is 11.4 Å². The summed E-state index contributed by atoms with van der Waals surface area (Å²) in [7, 11) is 0. The minimum Gasteiger partial charge on any atom is -0.494 e. The molecule has 0 radical (unpaired) electrons. The highest BCUT2D eigenvalue weighted by Crippen LogP contribution is 2.27. The number of rotatable bonds is 9. The quantitative estimate of drug-likeness (QED) is 0.318. The molecule has 0 spiro atoms. The molecule has 186 valence electrons. The van der Waals surface area contributed by atoms with Crippen LogP contribution in [0.15, 0.2) is 58.2 Å². The number of likely N-dealkylation sites (tertiary alicyclic amines) is 1. The number of carbonyl (C=O) groups excluding carboxylic acids is 1. The molecule has 1 aliphatic heterocycles. The van der Waals surface area contributed by atoms with Crippen molar-refractivity contribution >= 4 is 33.6 Å². The van der Waals surface area contributed by atoms with Gasteiger partial charge in [-0.25, -0.2) is 0 Å². The number of carbonyl (C=O) groups is 1. The molecule has 2 heterocycles. The molecule has 35 heavy (non-hydrogen) atoms. The molecule has 0 saturated carbocycles. The van der Waals surface area contributed by atoms with E-state index in [0.29, 0.717) is 35.2 Å². The first-order chi connectivity index (χ1) is 16.9. The summed E-state index contributed by atoms with van der Waals surface area (Å²) in [6.07, 6.45) is 1.17. The third kappa shape index (κ3) is 6.79. The zero-order valence-electron chi connectivity index (χ0n) is 20.3. The molecule has 1 fully saturated rings. The molecule has 0 N–H and O–H groups in total. The van der Waals surface area contributed by atoms with E-state index in [9.17, 15) is 4.79 Å². The van der Waals surface area contributed by atoms with Gasteiger partial charge in [0.05, 0.1) is 12.4 Å². The second-order valence-electron chi connectivity index (χ2n) is 8.94. The number of nitrogens with zero attached hydrogens (tertiary/aromatic N) is 4. The van der Waals surface area contributed by atoms with E-state index in [2.05, 4.69) is 40.0 Å². The Morgan fingerprint density at radius 2 is 1.63 bits per heavy atom. The van der Waals surface area contributed by atoms with Gasteiger partial charge in [0, 0.05) is 23.2 Å². The van der Waals surface area contributed by atoms with E-state index >= 15 is 0 Å².